The van der Waals surface area contributed by atoms with Gasteiger partial charge in [-0.2, -0.15) is 4.99 Å². The highest BCUT2D eigenvalue weighted by Crippen LogP contribution is 2.27. The summed E-state index contributed by atoms with van der Waals surface area (Å²) in [5.41, 5.74) is 6.34. The molecule has 2 heterocycles. The van der Waals surface area contributed by atoms with Crippen LogP contribution in [0.5, 0.6) is 0 Å². The fraction of sp³-hybridized carbons (Fsp3) is 0.188. The Kier molecular flexibility index (Phi) is 4.90. The topological polar surface area (TPSA) is 114 Å². The highest BCUT2D eigenvalue weighted by molar-refractivity contribution is 6.30. The first-order valence-electron chi connectivity index (χ1n) is 7.54. The van der Waals surface area contributed by atoms with Crippen LogP contribution in [-0.2, 0) is 9.59 Å². The number of nitrogens with one attached hydrogen (secondary N) is 1. The van der Waals surface area contributed by atoms with E-state index in [2.05, 4.69) is 20.3 Å². The van der Waals surface area contributed by atoms with Gasteiger partial charge in [0.1, 0.15) is 6.04 Å². The summed E-state index contributed by atoms with van der Waals surface area (Å²) < 4.78 is 0. The van der Waals surface area contributed by atoms with E-state index in [0.29, 0.717) is 17.1 Å². The zero-order chi connectivity index (χ0) is 17.8. The summed E-state index contributed by atoms with van der Waals surface area (Å²) in [6, 6.07) is 7.70. The zero-order valence-electron chi connectivity index (χ0n) is 13.1. The molecule has 0 radical (unpaired) electrons. The molecule has 2 aromatic rings. The lowest BCUT2D eigenvalue weighted by Crippen LogP contribution is -2.48. The van der Waals surface area contributed by atoms with Gasteiger partial charge in [0.2, 0.25) is 17.8 Å². The van der Waals surface area contributed by atoms with Crippen LogP contribution in [0.4, 0.5) is 11.6 Å². The SMILES string of the molecule is NC(=Nc1ncccn1)NC(=O)C1CCC(=O)N1c1ccc(Cl)cc1. The maximum Gasteiger partial charge on any atom is 0.252 e. The number of aliphatic imine (C=N–C) groups is 1. The van der Waals surface area contributed by atoms with Gasteiger partial charge in [-0.1, -0.05) is 11.6 Å². The number of carbonyl (C=O) groups is 2. The Hall–Kier alpha value is -3.00. The monoisotopic (exact) mass is 358 g/mol. The minimum Gasteiger partial charge on any atom is -0.369 e. The third kappa shape index (κ3) is 3.92. The summed E-state index contributed by atoms with van der Waals surface area (Å²) in [5.74, 6) is -0.550. The molecular weight excluding hydrogens is 344 g/mol. The molecule has 1 aromatic carbocycles. The van der Waals surface area contributed by atoms with Gasteiger partial charge in [0.25, 0.3) is 5.95 Å². The molecule has 1 fully saturated rings. The lowest BCUT2D eigenvalue weighted by atomic mass is 10.2. The summed E-state index contributed by atoms with van der Waals surface area (Å²) in [7, 11) is 0. The van der Waals surface area contributed by atoms with Gasteiger partial charge < -0.3 is 5.73 Å². The van der Waals surface area contributed by atoms with E-state index in [1.54, 1.807) is 30.3 Å². The Bertz CT molecular complexity index is 809. The van der Waals surface area contributed by atoms with Crippen molar-refractivity contribution in [2.24, 2.45) is 10.7 Å². The quantitative estimate of drug-likeness (QED) is 0.635. The van der Waals surface area contributed by atoms with Gasteiger partial charge in [0.15, 0.2) is 0 Å². The third-order valence-electron chi connectivity index (χ3n) is 3.64. The Morgan fingerprint density at radius 2 is 1.96 bits per heavy atom. The summed E-state index contributed by atoms with van der Waals surface area (Å²) in [4.78, 5) is 37.9. The van der Waals surface area contributed by atoms with E-state index in [0.717, 1.165) is 0 Å². The fourth-order valence-corrected chi connectivity index (χ4v) is 2.68. The standard InChI is InChI=1S/C16H15ClN6O2/c17-10-2-4-11(5-3-10)23-12(6-7-13(23)24)14(25)21-15(18)22-16-19-8-1-9-20-16/h1-5,8-9,12H,6-7H2,(H3,18,19,20,21,22,25). The summed E-state index contributed by atoms with van der Waals surface area (Å²) in [6.07, 6.45) is 3.69. The summed E-state index contributed by atoms with van der Waals surface area (Å²) in [5, 5.41) is 3.04. The van der Waals surface area contributed by atoms with E-state index >= 15 is 0 Å². The molecule has 1 saturated heterocycles. The molecule has 9 heteroatoms. The summed E-state index contributed by atoms with van der Waals surface area (Å²) >= 11 is 5.87. The smallest absolute Gasteiger partial charge is 0.252 e. The molecule has 0 spiro atoms. The molecule has 1 aliphatic rings. The minimum atomic E-state index is -0.667. The van der Waals surface area contributed by atoms with E-state index in [9.17, 15) is 9.59 Å². The van der Waals surface area contributed by atoms with E-state index < -0.39 is 11.9 Å². The minimum absolute atomic E-state index is 0.133. The molecule has 25 heavy (non-hydrogen) atoms. The van der Waals surface area contributed by atoms with E-state index in [4.69, 9.17) is 17.3 Å². The second kappa shape index (κ2) is 7.27. The predicted molar refractivity (Wildman–Crippen MR) is 93.4 cm³/mol. The number of aromatic nitrogens is 2. The van der Waals surface area contributed by atoms with Crippen molar-refractivity contribution >= 4 is 41.0 Å². The average molecular weight is 359 g/mol. The van der Waals surface area contributed by atoms with Crippen molar-refractivity contribution in [3.63, 3.8) is 0 Å². The molecule has 2 amide bonds. The fourth-order valence-electron chi connectivity index (χ4n) is 2.55. The van der Waals surface area contributed by atoms with Crippen molar-refractivity contribution in [3.05, 3.63) is 47.7 Å². The second-order valence-corrected chi connectivity index (χ2v) is 5.77. The highest BCUT2D eigenvalue weighted by atomic mass is 35.5. The molecule has 0 aliphatic carbocycles. The lowest BCUT2D eigenvalue weighted by molar-refractivity contribution is -0.122. The van der Waals surface area contributed by atoms with Crippen LogP contribution in [0.3, 0.4) is 0 Å². The first-order chi connectivity index (χ1) is 12.0. The number of anilines is 1. The average Bonchev–Trinajstić information content (AvgIpc) is 2.98. The molecule has 1 aliphatic heterocycles. The number of rotatable bonds is 3. The predicted octanol–water partition coefficient (Wildman–Crippen LogP) is 1.39. The van der Waals surface area contributed by atoms with Gasteiger partial charge in [-0.25, -0.2) is 9.97 Å². The number of hydrogen-bond donors (Lipinski definition) is 2. The van der Waals surface area contributed by atoms with Gasteiger partial charge in [0, 0.05) is 29.5 Å². The van der Waals surface area contributed by atoms with Crippen molar-refractivity contribution < 1.29 is 9.59 Å². The van der Waals surface area contributed by atoms with Crippen LogP contribution in [0, 0.1) is 0 Å². The molecule has 3 N–H and O–H groups in total. The maximum absolute atomic E-state index is 12.5. The first kappa shape index (κ1) is 16.8. The van der Waals surface area contributed by atoms with Gasteiger partial charge in [-0.3, -0.25) is 19.8 Å². The molecule has 1 aromatic heterocycles. The number of amides is 2. The molecule has 128 valence electrons. The molecule has 8 nitrogen and oxygen atoms in total. The van der Waals surface area contributed by atoms with E-state index in [-0.39, 0.29) is 24.2 Å². The first-order valence-corrected chi connectivity index (χ1v) is 7.92. The van der Waals surface area contributed by atoms with Crippen molar-refractivity contribution in [2.75, 3.05) is 4.90 Å². The Morgan fingerprint density at radius 1 is 1.28 bits per heavy atom. The van der Waals surface area contributed by atoms with Crippen LogP contribution in [0.25, 0.3) is 0 Å². The Labute approximate surface area is 148 Å². The van der Waals surface area contributed by atoms with Gasteiger partial charge in [-0.15, -0.1) is 0 Å². The number of halogens is 1. The van der Waals surface area contributed by atoms with E-state index in [1.165, 1.54) is 17.3 Å². The molecule has 3 rings (SSSR count). The number of guanidine groups is 1. The van der Waals surface area contributed by atoms with Crippen molar-refractivity contribution in [1.29, 1.82) is 0 Å². The number of carbonyl (C=O) groups excluding carboxylic acids is 2. The van der Waals surface area contributed by atoms with Crippen LogP contribution in [-0.4, -0.2) is 33.8 Å². The number of benzene rings is 1. The van der Waals surface area contributed by atoms with Crippen LogP contribution in [0.1, 0.15) is 12.8 Å². The highest BCUT2D eigenvalue weighted by Gasteiger charge is 2.37. The molecule has 0 bridgehead atoms. The molecule has 1 atom stereocenters. The van der Waals surface area contributed by atoms with Crippen molar-refractivity contribution in [3.8, 4) is 0 Å². The Balaban J connectivity index is 1.75. The molecular formula is C16H15ClN6O2. The molecule has 0 saturated carbocycles. The number of hydrogen-bond acceptors (Lipinski definition) is 5. The van der Waals surface area contributed by atoms with Gasteiger partial charge in [0.05, 0.1) is 0 Å². The summed E-state index contributed by atoms with van der Waals surface area (Å²) in [6.45, 7) is 0. The van der Waals surface area contributed by atoms with Crippen LogP contribution in [0.2, 0.25) is 5.02 Å². The third-order valence-corrected chi connectivity index (χ3v) is 3.90. The van der Waals surface area contributed by atoms with Crippen molar-refractivity contribution in [1.82, 2.24) is 15.3 Å². The van der Waals surface area contributed by atoms with Crippen LogP contribution >= 0.6 is 11.6 Å². The van der Waals surface area contributed by atoms with Crippen LogP contribution in [0.15, 0.2) is 47.7 Å². The lowest BCUT2D eigenvalue weighted by Gasteiger charge is -2.24. The van der Waals surface area contributed by atoms with Gasteiger partial charge >= 0.3 is 0 Å². The van der Waals surface area contributed by atoms with E-state index in [1.807, 2.05) is 0 Å². The largest absolute Gasteiger partial charge is 0.369 e. The molecule has 1 unspecified atom stereocenters. The number of nitrogens with zero attached hydrogens (tertiary/aromatic N) is 4. The van der Waals surface area contributed by atoms with Gasteiger partial charge in [-0.05, 0) is 36.8 Å². The van der Waals surface area contributed by atoms with Crippen LogP contribution < -0.4 is 16.0 Å². The Morgan fingerprint density at radius 3 is 2.64 bits per heavy atom. The second-order valence-electron chi connectivity index (χ2n) is 5.33. The normalized spacial score (nSPS) is 17.6. The van der Waals surface area contributed by atoms with Crippen molar-refractivity contribution in [2.45, 2.75) is 18.9 Å². The maximum atomic E-state index is 12.5. The number of nitrogens with two attached hydrogens (primary N) is 1. The zero-order valence-corrected chi connectivity index (χ0v) is 13.8.